The molecule has 4 rings (SSSR count). The van der Waals surface area contributed by atoms with Crippen LogP contribution in [0.2, 0.25) is 0 Å². The fraction of sp³-hybridized carbons (Fsp3) is 0.590. The Kier molecular flexibility index (Phi) is 16.1. The molecule has 0 saturated carbocycles. The summed E-state index contributed by atoms with van der Waals surface area (Å²) < 4.78 is 70.1. The molecular formula is C39H61BF2N7O9S+. The lowest BCUT2D eigenvalue weighted by atomic mass is 9.88. The van der Waals surface area contributed by atoms with Gasteiger partial charge in [0.15, 0.2) is 5.70 Å². The monoisotopic (exact) mass is 852 g/mol. The van der Waals surface area contributed by atoms with Gasteiger partial charge in [-0.15, -0.1) is 4.73 Å². The molecule has 2 aromatic rings. The summed E-state index contributed by atoms with van der Waals surface area (Å²) in [6.07, 6.45) is 8.76. The number of likely N-dealkylation sites (N-methyl/N-ethyl adjacent to an activating group) is 1. The fourth-order valence-electron chi connectivity index (χ4n) is 7.42. The largest absolute Gasteiger partial charge is 0.737 e. The Morgan fingerprint density at radius 3 is 2.32 bits per heavy atom. The van der Waals surface area contributed by atoms with Crippen LogP contribution in [0.3, 0.4) is 0 Å². The maximum atomic E-state index is 16.7. The van der Waals surface area contributed by atoms with Crippen molar-refractivity contribution in [3.8, 4) is 11.8 Å². The van der Waals surface area contributed by atoms with E-state index in [1.807, 2.05) is 24.0 Å². The van der Waals surface area contributed by atoms with E-state index in [2.05, 4.69) is 31.8 Å². The van der Waals surface area contributed by atoms with Crippen LogP contribution in [-0.2, 0) is 30.9 Å². The lowest BCUT2D eigenvalue weighted by molar-refractivity contribution is -0.870. The van der Waals surface area contributed by atoms with E-state index >= 15 is 8.63 Å². The van der Waals surface area contributed by atoms with Gasteiger partial charge in [-0.05, 0) is 69.9 Å². The Morgan fingerprint density at radius 2 is 1.68 bits per heavy atom. The normalized spacial score (nSPS) is 15.4. The lowest BCUT2D eigenvalue weighted by Crippen LogP contribution is -2.52. The Hall–Kier alpha value is -4.53. The van der Waals surface area contributed by atoms with Crippen molar-refractivity contribution in [2.24, 2.45) is 0 Å². The fourth-order valence-corrected chi connectivity index (χ4v) is 8.08. The predicted octanol–water partition coefficient (Wildman–Crippen LogP) is 3.23. The maximum absolute atomic E-state index is 16.7. The minimum absolute atomic E-state index is 0.0597. The van der Waals surface area contributed by atoms with Crippen molar-refractivity contribution in [1.29, 1.82) is 0 Å². The highest BCUT2D eigenvalue weighted by Crippen LogP contribution is 2.39. The number of halogens is 2. The standard InChI is InChI=1S/C39H60BF2N7O9S/c1-7-8-13-30-25-31(47-34(30)26-33-29(14-12-23-49(4,5)6)24-28(2)46(33)40(47,41)42)16-17-35(50)44-32(27-59(55,56)57)39(54)43-20-22-45(3)21-11-9-10-15-38(53)58-48-36(51)18-19-37(48)52/h18-19,24-26,32H,7-17,20-23,27H2,1-6H3,(H4-,43,44,50,51,52,54,55,56,57)/p+1. The number of aromatic nitrogens is 2. The highest BCUT2D eigenvalue weighted by Gasteiger charge is 2.54. The number of hydrogen-bond donors (Lipinski definition) is 5. The van der Waals surface area contributed by atoms with Crippen molar-refractivity contribution < 1.29 is 60.0 Å². The summed E-state index contributed by atoms with van der Waals surface area (Å²) in [5.74, 6) is -4.09. The summed E-state index contributed by atoms with van der Waals surface area (Å²) in [5.41, 5.74) is 3.25. The van der Waals surface area contributed by atoms with E-state index in [1.54, 1.807) is 20.0 Å². The molecule has 0 saturated heterocycles. The molecule has 0 radical (unpaired) electrons. The number of nitrogens with zero attached hydrogens (tertiary/aromatic N) is 5. The first-order chi connectivity index (χ1) is 27.6. The van der Waals surface area contributed by atoms with Crippen LogP contribution in [0.5, 0.6) is 11.8 Å². The maximum Gasteiger partial charge on any atom is 0.737 e. The number of quaternary nitrogens is 1. The molecule has 2 aromatic heterocycles. The molecular weight excluding hydrogens is 791 g/mol. The van der Waals surface area contributed by atoms with Crippen LogP contribution in [0.1, 0.15) is 88.1 Å². The van der Waals surface area contributed by atoms with Gasteiger partial charge < -0.3 is 52.7 Å². The summed E-state index contributed by atoms with van der Waals surface area (Å²) in [6, 6.07) is 2.57. The van der Waals surface area contributed by atoms with Crippen molar-refractivity contribution in [3.05, 3.63) is 52.5 Å². The number of carbonyl (C=O) groups is 3. The van der Waals surface area contributed by atoms with Crippen LogP contribution in [0, 0.1) is 6.92 Å². The van der Waals surface area contributed by atoms with Gasteiger partial charge in [-0.25, -0.2) is 4.79 Å². The Labute approximate surface area is 345 Å². The van der Waals surface area contributed by atoms with E-state index in [4.69, 9.17) is 4.84 Å². The van der Waals surface area contributed by atoms with Gasteiger partial charge in [0, 0.05) is 74.3 Å². The summed E-state index contributed by atoms with van der Waals surface area (Å²) in [6.45, 7) is 1.32. The van der Waals surface area contributed by atoms with E-state index in [1.165, 1.54) is 12.1 Å². The first kappa shape index (κ1) is 47.2. The number of allylic oxidation sites excluding steroid dienone is 2. The zero-order chi connectivity index (χ0) is 43.7. The molecule has 0 spiro atoms. The number of hydrogen-bond acceptors (Lipinski definition) is 9. The number of rotatable bonds is 24. The van der Waals surface area contributed by atoms with Crippen LogP contribution in [0.15, 0.2) is 35.5 Å². The highest BCUT2D eigenvalue weighted by atomic mass is 32.2. The summed E-state index contributed by atoms with van der Waals surface area (Å²) in [5, 5.41) is 24.1. The molecule has 2 aliphatic heterocycles. The van der Waals surface area contributed by atoms with Crippen LogP contribution in [-0.4, -0.2) is 143 Å². The quantitative estimate of drug-likeness (QED) is 0.0453. The van der Waals surface area contributed by atoms with Gasteiger partial charge in [0.05, 0.1) is 27.7 Å². The van der Waals surface area contributed by atoms with Gasteiger partial charge in [-0.3, -0.25) is 14.1 Å². The van der Waals surface area contributed by atoms with Crippen molar-refractivity contribution >= 4 is 46.7 Å². The summed E-state index contributed by atoms with van der Waals surface area (Å²) >= 11 is 0. The highest BCUT2D eigenvalue weighted by molar-refractivity contribution is 7.85. The topological polar surface area (TPSA) is 195 Å². The molecule has 0 fully saturated rings. The zero-order valence-electron chi connectivity index (χ0n) is 35.0. The second-order valence-electron chi connectivity index (χ2n) is 16.5. The number of aryl methyl sites for hydroxylation is 2. The third-order valence-electron chi connectivity index (χ3n) is 10.4. The van der Waals surface area contributed by atoms with E-state index in [-0.39, 0.29) is 31.5 Å². The minimum Gasteiger partial charge on any atom is -0.492 e. The lowest BCUT2D eigenvalue weighted by Gasteiger charge is -2.31. The number of carbonyl (C=O) groups excluding carboxylic acids is 3. The van der Waals surface area contributed by atoms with Gasteiger partial charge in [-0.2, -0.15) is 8.42 Å². The molecule has 1 unspecified atom stereocenters. The smallest absolute Gasteiger partial charge is 0.492 e. The molecule has 16 nitrogen and oxygen atoms in total. The molecule has 2 aliphatic rings. The van der Waals surface area contributed by atoms with Crippen molar-refractivity contribution in [1.82, 2.24) is 24.7 Å². The minimum atomic E-state index is -4.70. The third-order valence-corrected chi connectivity index (χ3v) is 11.2. The molecule has 59 heavy (non-hydrogen) atoms. The first-order valence-corrected chi connectivity index (χ1v) is 21.8. The molecule has 0 bridgehead atoms. The number of aromatic hydroxyl groups is 2. The van der Waals surface area contributed by atoms with Crippen LogP contribution in [0.25, 0.3) is 6.08 Å². The van der Waals surface area contributed by atoms with Crippen molar-refractivity contribution in [2.75, 3.05) is 60.1 Å². The molecule has 0 aromatic carbocycles. The molecule has 0 aliphatic carbocycles. The molecule has 2 amide bonds. The van der Waals surface area contributed by atoms with Crippen LogP contribution < -0.4 is 15.5 Å². The summed E-state index contributed by atoms with van der Waals surface area (Å²) in [4.78, 5) is 45.1. The predicted molar refractivity (Wildman–Crippen MR) is 221 cm³/mol. The summed E-state index contributed by atoms with van der Waals surface area (Å²) in [7, 11) is 3.39. The second kappa shape index (κ2) is 20.2. The average molecular weight is 853 g/mol. The number of unbranched alkanes of at least 4 members (excludes halogenated alkanes) is 3. The average Bonchev–Trinajstić information content (AvgIpc) is 3.77. The Morgan fingerprint density at radius 1 is 0.983 bits per heavy atom. The molecule has 5 N–H and O–H groups in total. The number of amides is 2. The van der Waals surface area contributed by atoms with E-state index in [0.29, 0.717) is 67.0 Å². The van der Waals surface area contributed by atoms with Crippen LogP contribution >= 0.6 is 0 Å². The molecule has 4 heterocycles. The van der Waals surface area contributed by atoms with E-state index < -0.39 is 58.4 Å². The van der Waals surface area contributed by atoms with Crippen molar-refractivity contribution in [3.63, 3.8) is 0 Å². The third kappa shape index (κ3) is 13.2. The molecule has 20 heteroatoms. The SMILES string of the molecule is CCCCC1=CC(CCC(=O)NC(CS(=O)(=O)O)C(=O)NCCN(C)CCCCCC(=O)On2c(O)ccc2O)=[N+]2C1=Cc1c(CCC[N+](C)(C)C)cc(C)n1[B-]2(F)F. The first-order valence-electron chi connectivity index (χ1n) is 20.2. The Balaban J connectivity index is 1.33. The zero-order valence-corrected chi connectivity index (χ0v) is 35.9. The van der Waals surface area contributed by atoms with Crippen molar-refractivity contribution in [2.45, 2.75) is 90.5 Å². The number of fused-ring (bicyclic) bond motifs is 2. The van der Waals surface area contributed by atoms with E-state index in [0.717, 1.165) is 50.4 Å². The van der Waals surface area contributed by atoms with Gasteiger partial charge in [0.2, 0.25) is 23.6 Å². The number of nitrogens with one attached hydrogen (secondary N) is 2. The second-order valence-corrected chi connectivity index (χ2v) is 18.0. The van der Waals surface area contributed by atoms with Gasteiger partial charge in [-0.1, -0.05) is 19.8 Å². The van der Waals surface area contributed by atoms with Gasteiger partial charge in [0.1, 0.15) is 17.5 Å². The molecule has 328 valence electrons. The van der Waals surface area contributed by atoms with E-state index in [9.17, 15) is 37.6 Å². The van der Waals surface area contributed by atoms with Gasteiger partial charge in [0.25, 0.3) is 10.1 Å². The van der Waals surface area contributed by atoms with Crippen LogP contribution in [0.4, 0.5) is 8.63 Å². The molecule has 1 atom stereocenters. The van der Waals surface area contributed by atoms with Gasteiger partial charge >= 0.3 is 12.9 Å². The Bertz CT molecular complexity index is 2040.